The first-order chi connectivity index (χ1) is 12.2. The number of hydrogen-bond acceptors (Lipinski definition) is 7. The van der Waals surface area contributed by atoms with Crippen molar-refractivity contribution in [2.75, 3.05) is 0 Å². The Labute approximate surface area is 167 Å². The lowest BCUT2D eigenvalue weighted by atomic mass is 10.3. The van der Waals surface area contributed by atoms with Crippen molar-refractivity contribution in [3.8, 4) is 17.2 Å². The molecule has 0 atom stereocenters. The van der Waals surface area contributed by atoms with Crippen LogP contribution in [0.15, 0.2) is 69.3 Å². The van der Waals surface area contributed by atoms with Crippen molar-refractivity contribution in [1.29, 1.82) is 0 Å². The van der Waals surface area contributed by atoms with E-state index >= 15 is 0 Å². The Kier molecular flexibility index (Phi) is 5.26. The minimum absolute atomic E-state index is 0.0495. The fourth-order valence-corrected chi connectivity index (χ4v) is 6.53. The van der Waals surface area contributed by atoms with E-state index in [0.29, 0.717) is 14.7 Å². The molecule has 0 saturated heterocycles. The van der Waals surface area contributed by atoms with E-state index in [2.05, 4.69) is 37.9 Å². The lowest BCUT2D eigenvalue weighted by molar-refractivity contribution is 0.476. The van der Waals surface area contributed by atoms with Gasteiger partial charge >= 0.3 is 0 Å². The summed E-state index contributed by atoms with van der Waals surface area (Å²) in [6.07, 6.45) is 0. The maximum atomic E-state index is 14.4. The van der Waals surface area contributed by atoms with E-state index in [1.807, 2.05) is 0 Å². The van der Waals surface area contributed by atoms with Crippen LogP contribution in [0.25, 0.3) is 0 Å². The fourth-order valence-electron chi connectivity index (χ4n) is 2.68. The number of phenolic OH excluding ortho intramolecular Hbond substituents is 3. The van der Waals surface area contributed by atoms with Crippen LogP contribution in [0.2, 0.25) is 0 Å². The number of phenols is 3. The van der Waals surface area contributed by atoms with Gasteiger partial charge in [-0.2, -0.15) is 0 Å². The van der Waals surface area contributed by atoms with Gasteiger partial charge in [-0.25, -0.2) is 0 Å². The Morgan fingerprint density at radius 1 is 0.577 bits per heavy atom. The number of aromatic hydroxyl groups is 3. The molecule has 134 valence electrons. The van der Waals surface area contributed by atoms with E-state index in [0.717, 1.165) is 0 Å². The van der Waals surface area contributed by atoms with Crippen LogP contribution in [0.3, 0.4) is 0 Å². The van der Waals surface area contributed by atoms with Gasteiger partial charge < -0.3 is 19.9 Å². The van der Waals surface area contributed by atoms with E-state index in [1.165, 1.54) is 36.4 Å². The predicted molar refractivity (Wildman–Crippen MR) is 113 cm³/mol. The third-order valence-corrected chi connectivity index (χ3v) is 7.84. The fraction of sp³-hybridized carbons (Fsp3) is 0. The average molecular weight is 422 g/mol. The first kappa shape index (κ1) is 19.1. The highest BCUT2D eigenvalue weighted by atomic mass is 32.1. The summed E-state index contributed by atoms with van der Waals surface area (Å²) in [6, 6.07) is 13.1. The van der Waals surface area contributed by atoms with Gasteiger partial charge in [-0.15, -0.1) is 37.9 Å². The quantitative estimate of drug-likeness (QED) is 0.289. The van der Waals surface area contributed by atoms with E-state index in [4.69, 9.17) is 0 Å². The van der Waals surface area contributed by atoms with Crippen LogP contribution in [0, 0.1) is 0 Å². The molecule has 0 amide bonds. The molecule has 3 N–H and O–H groups in total. The summed E-state index contributed by atoms with van der Waals surface area (Å²) in [5, 5.41) is 31.4. The molecule has 0 aliphatic rings. The molecule has 0 spiro atoms. The zero-order chi connectivity index (χ0) is 19.1. The smallest absolute Gasteiger partial charge is 0.182 e. The molecule has 3 rings (SSSR count). The standard InChI is InChI=1S/C18H15O4PS3/c19-13-4-1-10(24)7-16(13)23(22,17-8-11(25)2-5-14(17)20)18-9-12(26)3-6-15(18)21/h1-9,19-21,24-26H. The van der Waals surface area contributed by atoms with Crippen molar-refractivity contribution in [2.24, 2.45) is 0 Å². The Morgan fingerprint density at radius 3 is 1.12 bits per heavy atom. The second-order valence-corrected chi connectivity index (χ2v) is 9.84. The van der Waals surface area contributed by atoms with Crippen LogP contribution in [0.1, 0.15) is 0 Å². The van der Waals surface area contributed by atoms with Crippen LogP contribution in [-0.4, -0.2) is 15.3 Å². The molecule has 26 heavy (non-hydrogen) atoms. The highest BCUT2D eigenvalue weighted by Gasteiger charge is 2.37. The molecule has 0 aliphatic carbocycles. The summed E-state index contributed by atoms with van der Waals surface area (Å²) in [5.74, 6) is -0.711. The molecule has 0 heterocycles. The molecule has 0 aromatic heterocycles. The second-order valence-electron chi connectivity index (χ2n) is 5.63. The zero-order valence-corrected chi connectivity index (χ0v) is 16.8. The van der Waals surface area contributed by atoms with E-state index in [1.54, 1.807) is 18.2 Å². The minimum atomic E-state index is -3.87. The molecule has 0 radical (unpaired) electrons. The topological polar surface area (TPSA) is 77.8 Å². The number of thiol groups is 3. The minimum Gasteiger partial charge on any atom is -0.507 e. The molecule has 4 nitrogen and oxygen atoms in total. The van der Waals surface area contributed by atoms with Gasteiger partial charge in [0.05, 0.1) is 15.9 Å². The van der Waals surface area contributed by atoms with Crippen LogP contribution >= 0.6 is 45.0 Å². The van der Waals surface area contributed by atoms with Crippen molar-refractivity contribution >= 4 is 60.9 Å². The maximum Gasteiger partial charge on any atom is 0.182 e. The maximum absolute atomic E-state index is 14.4. The van der Waals surface area contributed by atoms with Crippen LogP contribution in [0.4, 0.5) is 0 Å². The van der Waals surface area contributed by atoms with Crippen LogP contribution < -0.4 is 15.9 Å². The molecular weight excluding hydrogens is 407 g/mol. The number of benzene rings is 3. The number of rotatable bonds is 3. The molecular formula is C18H15O4PS3. The third-order valence-electron chi connectivity index (χ3n) is 3.89. The van der Waals surface area contributed by atoms with Gasteiger partial charge in [0.2, 0.25) is 0 Å². The average Bonchev–Trinajstić information content (AvgIpc) is 2.60. The lowest BCUT2D eigenvalue weighted by Crippen LogP contribution is -2.26. The summed E-state index contributed by atoms with van der Waals surface area (Å²) >= 11 is 12.8. The second kappa shape index (κ2) is 7.16. The monoisotopic (exact) mass is 422 g/mol. The Morgan fingerprint density at radius 2 is 0.846 bits per heavy atom. The molecule has 0 unspecified atom stereocenters. The van der Waals surface area contributed by atoms with Gasteiger partial charge in [-0.1, -0.05) is 0 Å². The predicted octanol–water partition coefficient (Wildman–Crippen LogP) is 3.31. The lowest BCUT2D eigenvalue weighted by Gasteiger charge is -2.23. The first-order valence-corrected chi connectivity index (χ1v) is 10.5. The van der Waals surface area contributed by atoms with Gasteiger partial charge in [0.15, 0.2) is 7.14 Å². The summed E-state index contributed by atoms with van der Waals surface area (Å²) in [7, 11) is -3.87. The summed E-state index contributed by atoms with van der Waals surface area (Å²) < 4.78 is 14.4. The van der Waals surface area contributed by atoms with Gasteiger partial charge in [0.1, 0.15) is 17.2 Å². The van der Waals surface area contributed by atoms with Crippen molar-refractivity contribution in [2.45, 2.75) is 14.7 Å². The van der Waals surface area contributed by atoms with Crippen LogP contribution in [0.5, 0.6) is 17.2 Å². The SMILES string of the molecule is O=P(c1cc(S)ccc1O)(c1cc(S)ccc1O)c1cc(S)ccc1O. The number of hydrogen-bond donors (Lipinski definition) is 6. The van der Waals surface area contributed by atoms with Gasteiger partial charge in [-0.3, -0.25) is 0 Å². The highest BCUT2D eigenvalue weighted by Crippen LogP contribution is 2.50. The molecule has 8 heteroatoms. The summed E-state index contributed by atoms with van der Waals surface area (Å²) in [5.41, 5.74) is 0. The summed E-state index contributed by atoms with van der Waals surface area (Å²) in [4.78, 5) is 1.42. The Hall–Kier alpha value is -1.66. The van der Waals surface area contributed by atoms with Crippen LogP contribution in [-0.2, 0) is 4.57 Å². The molecule has 0 bridgehead atoms. The molecule has 3 aromatic carbocycles. The van der Waals surface area contributed by atoms with E-state index in [-0.39, 0.29) is 33.2 Å². The highest BCUT2D eigenvalue weighted by molar-refractivity contribution is 7.86. The third kappa shape index (κ3) is 3.32. The Bertz CT molecular complexity index is 921. The van der Waals surface area contributed by atoms with Crippen molar-refractivity contribution in [3.05, 3.63) is 54.6 Å². The molecule has 0 fully saturated rings. The largest absolute Gasteiger partial charge is 0.507 e. The van der Waals surface area contributed by atoms with Crippen molar-refractivity contribution < 1.29 is 19.9 Å². The van der Waals surface area contributed by atoms with Crippen molar-refractivity contribution in [3.63, 3.8) is 0 Å². The zero-order valence-electron chi connectivity index (χ0n) is 13.2. The molecule has 3 aromatic rings. The normalized spacial score (nSPS) is 11.5. The van der Waals surface area contributed by atoms with Gasteiger partial charge in [0, 0.05) is 14.7 Å². The van der Waals surface area contributed by atoms with E-state index in [9.17, 15) is 19.9 Å². The van der Waals surface area contributed by atoms with E-state index < -0.39 is 7.14 Å². The van der Waals surface area contributed by atoms with Gasteiger partial charge in [0.25, 0.3) is 0 Å². The summed E-state index contributed by atoms with van der Waals surface area (Å²) in [6.45, 7) is 0. The Balaban J connectivity index is 2.47. The first-order valence-electron chi connectivity index (χ1n) is 7.41. The van der Waals surface area contributed by atoms with Crippen molar-refractivity contribution in [1.82, 2.24) is 0 Å². The molecule has 0 saturated carbocycles. The molecule has 0 aliphatic heterocycles. The van der Waals surface area contributed by atoms with Gasteiger partial charge in [-0.05, 0) is 54.6 Å².